The van der Waals surface area contributed by atoms with Gasteiger partial charge in [0.15, 0.2) is 5.65 Å². The van der Waals surface area contributed by atoms with Crippen LogP contribution < -0.4 is 10.1 Å². The highest BCUT2D eigenvalue weighted by molar-refractivity contribution is 6.09. The molecule has 0 aliphatic heterocycles. The highest BCUT2D eigenvalue weighted by atomic mass is 16.5. The van der Waals surface area contributed by atoms with Gasteiger partial charge in [-0.05, 0) is 37.3 Å². The Kier molecular flexibility index (Phi) is 5.88. The Labute approximate surface area is 202 Å². The SMILES string of the molecule is COc1cc2nn([C@H]3CC[C@H](N(C)C(C)=O)C[C@@H]3C)cc2cc1C(=O)Nc1cnn2cccnc12. The first-order chi connectivity index (χ1) is 16.9. The molecule has 3 atom stereocenters. The van der Waals surface area contributed by atoms with E-state index in [1.807, 2.05) is 28.9 Å². The van der Waals surface area contributed by atoms with E-state index in [0.29, 0.717) is 28.6 Å². The summed E-state index contributed by atoms with van der Waals surface area (Å²) in [6.45, 7) is 3.82. The number of carbonyl (C=O) groups excluding carboxylic acids is 2. The molecule has 5 rings (SSSR count). The van der Waals surface area contributed by atoms with E-state index in [9.17, 15) is 9.59 Å². The van der Waals surface area contributed by atoms with Crippen molar-refractivity contribution in [2.24, 2.45) is 5.92 Å². The number of benzene rings is 1. The third-order valence-electron chi connectivity index (χ3n) is 7.10. The van der Waals surface area contributed by atoms with Gasteiger partial charge in [-0.2, -0.15) is 10.2 Å². The van der Waals surface area contributed by atoms with Gasteiger partial charge in [-0.1, -0.05) is 6.92 Å². The molecule has 1 saturated carbocycles. The molecule has 2 amide bonds. The van der Waals surface area contributed by atoms with Crippen molar-refractivity contribution in [2.45, 2.75) is 45.2 Å². The zero-order valence-electron chi connectivity index (χ0n) is 20.3. The molecule has 1 aromatic carbocycles. The van der Waals surface area contributed by atoms with Crippen molar-refractivity contribution in [3.8, 4) is 5.75 Å². The van der Waals surface area contributed by atoms with Crippen LogP contribution in [0.3, 0.4) is 0 Å². The van der Waals surface area contributed by atoms with Gasteiger partial charge in [0.2, 0.25) is 5.91 Å². The van der Waals surface area contributed by atoms with Gasteiger partial charge in [-0.15, -0.1) is 0 Å². The Balaban J connectivity index is 1.40. The summed E-state index contributed by atoms with van der Waals surface area (Å²) in [4.78, 5) is 31.1. The van der Waals surface area contributed by atoms with Crippen LogP contribution in [-0.4, -0.2) is 61.3 Å². The average Bonchev–Trinajstić information content (AvgIpc) is 3.46. The van der Waals surface area contributed by atoms with Gasteiger partial charge in [0, 0.05) is 50.1 Å². The summed E-state index contributed by atoms with van der Waals surface area (Å²) in [5, 5.41) is 12.8. The van der Waals surface area contributed by atoms with E-state index < -0.39 is 0 Å². The number of aromatic nitrogens is 5. The molecule has 0 bridgehead atoms. The topological polar surface area (TPSA) is 107 Å². The number of methoxy groups -OCH3 is 1. The van der Waals surface area contributed by atoms with Crippen LogP contribution in [0.15, 0.2) is 43.0 Å². The predicted octanol–water partition coefficient (Wildman–Crippen LogP) is 3.55. The molecular formula is C25H29N7O3. The van der Waals surface area contributed by atoms with E-state index in [4.69, 9.17) is 9.84 Å². The molecule has 3 aromatic heterocycles. The van der Waals surface area contributed by atoms with Crippen molar-refractivity contribution in [3.05, 3.63) is 48.5 Å². The van der Waals surface area contributed by atoms with Crippen LogP contribution in [0.5, 0.6) is 5.75 Å². The number of carbonyl (C=O) groups is 2. The molecule has 1 aliphatic carbocycles. The molecule has 35 heavy (non-hydrogen) atoms. The van der Waals surface area contributed by atoms with Gasteiger partial charge >= 0.3 is 0 Å². The Morgan fingerprint density at radius 1 is 1.26 bits per heavy atom. The smallest absolute Gasteiger partial charge is 0.259 e. The zero-order valence-corrected chi connectivity index (χ0v) is 20.3. The molecule has 0 spiro atoms. The standard InChI is InChI=1S/C25H29N7O3/c1-15-10-18(30(3)16(2)33)6-7-22(15)32-14-17-11-19(23(35-4)12-20(17)29-32)25(34)28-21-13-27-31-9-5-8-26-24(21)31/h5,8-9,11-15,18,22H,6-7,10H2,1-4H3,(H,28,34)/t15-,18-,22-/m0/s1. The Morgan fingerprint density at radius 3 is 2.83 bits per heavy atom. The number of hydrogen-bond donors (Lipinski definition) is 1. The number of nitrogens with one attached hydrogen (secondary N) is 1. The van der Waals surface area contributed by atoms with Crippen molar-refractivity contribution in [1.29, 1.82) is 0 Å². The highest BCUT2D eigenvalue weighted by Crippen LogP contribution is 2.37. The summed E-state index contributed by atoms with van der Waals surface area (Å²) in [5.74, 6) is 0.601. The highest BCUT2D eigenvalue weighted by Gasteiger charge is 2.32. The van der Waals surface area contributed by atoms with Crippen LogP contribution in [0, 0.1) is 5.92 Å². The molecule has 0 unspecified atom stereocenters. The second kappa shape index (κ2) is 9.01. The first kappa shape index (κ1) is 22.8. The third-order valence-corrected chi connectivity index (χ3v) is 7.10. The lowest BCUT2D eigenvalue weighted by molar-refractivity contribution is -0.130. The van der Waals surface area contributed by atoms with Crippen LogP contribution in [0.4, 0.5) is 5.69 Å². The zero-order chi connectivity index (χ0) is 24.7. The summed E-state index contributed by atoms with van der Waals surface area (Å²) < 4.78 is 9.15. The van der Waals surface area contributed by atoms with Crippen LogP contribution in [0.25, 0.3) is 16.6 Å². The average molecular weight is 476 g/mol. The number of rotatable bonds is 5. The predicted molar refractivity (Wildman–Crippen MR) is 132 cm³/mol. The van der Waals surface area contributed by atoms with Crippen molar-refractivity contribution < 1.29 is 14.3 Å². The first-order valence-electron chi connectivity index (χ1n) is 11.8. The number of anilines is 1. The second-order valence-electron chi connectivity index (χ2n) is 9.26. The number of nitrogens with zero attached hydrogens (tertiary/aromatic N) is 6. The maximum absolute atomic E-state index is 13.2. The van der Waals surface area contributed by atoms with E-state index >= 15 is 0 Å². The normalized spacial score (nSPS) is 20.2. The molecule has 0 radical (unpaired) electrons. The molecule has 10 nitrogen and oxygen atoms in total. The Morgan fingerprint density at radius 2 is 2.09 bits per heavy atom. The second-order valence-corrected chi connectivity index (χ2v) is 9.26. The molecule has 1 N–H and O–H groups in total. The molecule has 1 fully saturated rings. The van der Waals surface area contributed by atoms with Gasteiger partial charge in [0.05, 0.1) is 30.4 Å². The summed E-state index contributed by atoms with van der Waals surface area (Å²) in [6.07, 6.45) is 9.80. The van der Waals surface area contributed by atoms with Crippen LogP contribution in [0.2, 0.25) is 0 Å². The van der Waals surface area contributed by atoms with Crippen LogP contribution >= 0.6 is 0 Å². The monoisotopic (exact) mass is 475 g/mol. The van der Waals surface area contributed by atoms with E-state index in [-0.39, 0.29) is 23.9 Å². The van der Waals surface area contributed by atoms with E-state index in [1.165, 1.54) is 0 Å². The lowest BCUT2D eigenvalue weighted by Crippen LogP contribution is -2.41. The van der Waals surface area contributed by atoms with E-state index in [2.05, 4.69) is 22.3 Å². The lowest BCUT2D eigenvalue weighted by atomic mass is 9.82. The van der Waals surface area contributed by atoms with Gasteiger partial charge in [0.25, 0.3) is 5.91 Å². The summed E-state index contributed by atoms with van der Waals surface area (Å²) in [6, 6.07) is 5.87. The van der Waals surface area contributed by atoms with Gasteiger partial charge in [0.1, 0.15) is 11.4 Å². The lowest BCUT2D eigenvalue weighted by Gasteiger charge is -2.38. The molecule has 3 heterocycles. The van der Waals surface area contributed by atoms with Crippen molar-refractivity contribution >= 4 is 34.1 Å². The van der Waals surface area contributed by atoms with Gasteiger partial charge in [-0.3, -0.25) is 14.3 Å². The first-order valence-corrected chi connectivity index (χ1v) is 11.8. The van der Waals surface area contributed by atoms with Gasteiger partial charge in [-0.25, -0.2) is 9.50 Å². The number of amides is 2. The minimum Gasteiger partial charge on any atom is -0.496 e. The minimum atomic E-state index is -0.307. The van der Waals surface area contributed by atoms with Crippen molar-refractivity contribution in [3.63, 3.8) is 0 Å². The fourth-order valence-corrected chi connectivity index (χ4v) is 5.05. The molecular weight excluding hydrogens is 446 g/mol. The van der Waals surface area contributed by atoms with Gasteiger partial charge < -0.3 is 15.0 Å². The fraction of sp³-hybridized carbons (Fsp3) is 0.400. The molecule has 1 aliphatic rings. The fourth-order valence-electron chi connectivity index (χ4n) is 5.05. The maximum Gasteiger partial charge on any atom is 0.259 e. The van der Waals surface area contributed by atoms with E-state index in [1.54, 1.807) is 49.3 Å². The van der Waals surface area contributed by atoms with E-state index in [0.717, 1.165) is 30.2 Å². The number of fused-ring (bicyclic) bond motifs is 2. The number of hydrogen-bond acceptors (Lipinski definition) is 6. The van der Waals surface area contributed by atoms with Crippen molar-refractivity contribution in [1.82, 2.24) is 29.3 Å². The van der Waals surface area contributed by atoms with Crippen molar-refractivity contribution in [2.75, 3.05) is 19.5 Å². The Hall–Kier alpha value is -3.95. The molecule has 0 saturated heterocycles. The third kappa shape index (κ3) is 4.20. The summed E-state index contributed by atoms with van der Waals surface area (Å²) in [5.41, 5.74) is 2.27. The largest absolute Gasteiger partial charge is 0.496 e. The number of ether oxygens (including phenoxy) is 1. The maximum atomic E-state index is 13.2. The molecule has 10 heteroatoms. The summed E-state index contributed by atoms with van der Waals surface area (Å²) in [7, 11) is 3.42. The summed E-state index contributed by atoms with van der Waals surface area (Å²) >= 11 is 0. The van der Waals surface area contributed by atoms with Crippen LogP contribution in [-0.2, 0) is 4.79 Å². The molecule has 4 aromatic rings. The Bertz CT molecular complexity index is 1410. The quantitative estimate of drug-likeness (QED) is 0.473. The molecule has 182 valence electrons. The van der Waals surface area contributed by atoms with Crippen LogP contribution in [0.1, 0.15) is 49.5 Å². The minimum absolute atomic E-state index is 0.100.